The molecule has 33 heteroatoms. The molecule has 7 rings (SSSR count). The molecule has 348 valence electrons. The van der Waals surface area contributed by atoms with Crippen LogP contribution < -0.4 is 11.5 Å². The molecule has 0 saturated heterocycles. The van der Waals surface area contributed by atoms with E-state index in [1.165, 1.54) is 36.4 Å². The number of phenolic OH excluding ortho intramolecular Hbond substituents is 2. The van der Waals surface area contributed by atoms with E-state index in [4.69, 9.17) is 11.5 Å². The van der Waals surface area contributed by atoms with Gasteiger partial charge >= 0.3 is 0 Å². The number of benzene rings is 7. The Hall–Kier alpha value is -3.90. The number of phenols is 2. The Morgan fingerprint density at radius 1 is 0.465 bits per heavy atom. The number of nitro benzene ring substituents is 1. The predicted octanol–water partition coefficient (Wildman–Crippen LogP) is 6.85. The molecule has 10 N–H and O–H groups in total. The van der Waals surface area contributed by atoms with Crippen molar-refractivity contribution in [1.29, 1.82) is 0 Å². The number of hydrogen-bond donors (Lipinski definition) is 8. The zero-order valence-electron chi connectivity index (χ0n) is 37.0. The number of fused-ring (bicyclic) bond motifs is 2. The number of rotatable bonds is 12. The standard InChI is InChI=1S/C38H27N9O16S4.4Na/c39-27-11-10-25-26(34(27)44-43-29-12-9-23(47(50)51)15-30(29)65(55,56)57)17-32(67(61,62)63)35(37(25)48)45-41-21-5-1-18(2-6-21)19-3-7-22(8-4-19)42-46-36-31(66(58,59)60)14-20-13-24(64(52,53)54)16-28(40)33(20)38(36)49;;;;/h1-17,48-49H,39-40H2,(H,52,53,54)(H,55,56,57)(H,58,59,60)(H,61,62,63);;;;. The van der Waals surface area contributed by atoms with Crippen LogP contribution in [0.25, 0.3) is 32.7 Å². The Labute approximate surface area is 489 Å². The van der Waals surface area contributed by atoms with Gasteiger partial charge in [-0.15, -0.1) is 20.5 Å². The summed E-state index contributed by atoms with van der Waals surface area (Å²) in [7, 11) is -20.1. The van der Waals surface area contributed by atoms with Gasteiger partial charge in [0.2, 0.25) is 0 Å². The number of aromatic hydroxyl groups is 2. The minimum absolute atomic E-state index is 0. The van der Waals surface area contributed by atoms with Crippen molar-refractivity contribution in [3.05, 3.63) is 113 Å². The Bertz CT molecular complexity index is 3840. The third-order valence-electron chi connectivity index (χ3n) is 9.53. The number of nitrogens with two attached hydrogens (primary N) is 2. The number of non-ortho nitro benzene ring substituents is 1. The van der Waals surface area contributed by atoms with Gasteiger partial charge in [0.1, 0.15) is 37.4 Å². The molecule has 0 saturated carbocycles. The van der Waals surface area contributed by atoms with Crippen LogP contribution in [0.1, 0.15) is 0 Å². The largest absolute Gasteiger partial charge is 0.505 e. The fraction of sp³-hybridized carbons (Fsp3) is 0. The first kappa shape index (κ1) is 61.4. The molecular weight excluding hydrogens is 1060 g/mol. The SMILES string of the molecule is Nc1ccc2c(O)c(N=Nc3ccc(-c4ccc(N=Nc5c(S(=O)(=O)O)cc6cc(S(=O)(=O)O)cc(N)c6c5O)cc4)cc3)c(S(=O)(=O)O)cc2c1N=Nc1ccc([N+](=O)[O-])cc1S(=O)(=O)O.[Na].[Na].[Na].[Na]. The maximum atomic E-state index is 12.6. The van der Waals surface area contributed by atoms with Gasteiger partial charge in [-0.1, -0.05) is 24.3 Å². The fourth-order valence-corrected chi connectivity index (χ4v) is 8.93. The monoisotopic (exact) mass is 1090 g/mol. The second-order valence-corrected chi connectivity index (χ2v) is 19.4. The van der Waals surface area contributed by atoms with E-state index >= 15 is 0 Å². The molecule has 0 fully saturated rings. The number of nitrogens with zero attached hydrogens (tertiary/aromatic N) is 7. The smallest absolute Gasteiger partial charge is 0.297 e. The Morgan fingerprint density at radius 2 is 0.944 bits per heavy atom. The molecule has 7 aromatic carbocycles. The van der Waals surface area contributed by atoms with Crippen molar-refractivity contribution in [2.45, 2.75) is 19.6 Å². The van der Waals surface area contributed by atoms with Gasteiger partial charge in [0.25, 0.3) is 46.2 Å². The van der Waals surface area contributed by atoms with Crippen LogP contribution in [-0.2, 0) is 40.5 Å². The summed E-state index contributed by atoms with van der Waals surface area (Å²) in [5, 5.41) is 55.8. The minimum Gasteiger partial charge on any atom is -0.505 e. The minimum atomic E-state index is -5.18. The van der Waals surface area contributed by atoms with Gasteiger partial charge in [-0.2, -0.15) is 43.9 Å². The summed E-state index contributed by atoms with van der Waals surface area (Å²) in [5.74, 6) is -1.69. The second kappa shape index (κ2) is 23.5. The predicted molar refractivity (Wildman–Crippen MR) is 260 cm³/mol. The molecule has 0 aliphatic rings. The second-order valence-electron chi connectivity index (χ2n) is 13.9. The summed E-state index contributed by atoms with van der Waals surface area (Å²) in [6.07, 6.45) is 0. The number of nitro groups is 1. The normalized spacial score (nSPS) is 12.1. The Kier molecular flexibility index (Phi) is 20.4. The van der Waals surface area contributed by atoms with E-state index in [0.717, 1.165) is 36.4 Å². The molecule has 0 amide bonds. The molecule has 0 unspecified atom stereocenters. The van der Waals surface area contributed by atoms with E-state index in [9.17, 15) is 72.2 Å². The van der Waals surface area contributed by atoms with Gasteiger partial charge in [0.15, 0.2) is 11.5 Å². The van der Waals surface area contributed by atoms with E-state index in [1.54, 1.807) is 24.3 Å². The quantitative estimate of drug-likeness (QED) is 0.0155. The van der Waals surface area contributed by atoms with Crippen LogP contribution in [-0.4, -0.2) is 185 Å². The van der Waals surface area contributed by atoms with Crippen LogP contribution in [0.4, 0.5) is 51.2 Å². The topological polar surface area (TPSA) is 427 Å². The number of hydrogen-bond acceptors (Lipinski definition) is 20. The first-order valence-electron chi connectivity index (χ1n) is 18.0. The number of azo groups is 3. The average molecular weight is 1090 g/mol. The third kappa shape index (κ3) is 13.6. The maximum absolute atomic E-state index is 12.6. The van der Waals surface area contributed by atoms with Crippen LogP contribution in [0.15, 0.2) is 153 Å². The molecule has 0 aliphatic heterocycles. The van der Waals surface area contributed by atoms with Crippen LogP contribution >= 0.6 is 0 Å². The van der Waals surface area contributed by atoms with Gasteiger partial charge < -0.3 is 21.7 Å². The van der Waals surface area contributed by atoms with Crippen molar-refractivity contribution in [2.75, 3.05) is 11.5 Å². The van der Waals surface area contributed by atoms with Gasteiger partial charge in [-0.05, 0) is 83.2 Å². The average Bonchev–Trinajstić information content (AvgIpc) is 3.24. The third-order valence-corrected chi connectivity index (χ3v) is 13.0. The maximum Gasteiger partial charge on any atom is 0.297 e. The molecule has 4 radical (unpaired) electrons. The summed E-state index contributed by atoms with van der Waals surface area (Å²) in [5.41, 5.74) is 9.77. The molecule has 0 aliphatic carbocycles. The summed E-state index contributed by atoms with van der Waals surface area (Å²) in [6, 6.07) is 20.2. The molecule has 0 heterocycles. The Balaban J connectivity index is 0.00000333. The van der Waals surface area contributed by atoms with Crippen LogP contribution in [0.5, 0.6) is 11.5 Å². The molecular formula is C38H27N9Na4O16S4. The molecule has 71 heavy (non-hydrogen) atoms. The number of anilines is 2. The summed E-state index contributed by atoms with van der Waals surface area (Å²) < 4.78 is 136. The van der Waals surface area contributed by atoms with Gasteiger partial charge in [-0.25, -0.2) is 0 Å². The molecule has 25 nitrogen and oxygen atoms in total. The van der Waals surface area contributed by atoms with Crippen molar-refractivity contribution in [3.63, 3.8) is 0 Å². The van der Waals surface area contributed by atoms with Crippen molar-refractivity contribution in [3.8, 4) is 22.6 Å². The Morgan fingerprint density at radius 3 is 1.42 bits per heavy atom. The molecule has 0 atom stereocenters. The summed E-state index contributed by atoms with van der Waals surface area (Å²) in [4.78, 5) is 6.65. The fourth-order valence-electron chi connectivity index (χ4n) is 6.43. The summed E-state index contributed by atoms with van der Waals surface area (Å²) in [6.45, 7) is 0. The van der Waals surface area contributed by atoms with Crippen LogP contribution in [0.3, 0.4) is 0 Å². The van der Waals surface area contributed by atoms with E-state index < -0.39 is 99.2 Å². The zero-order chi connectivity index (χ0) is 49.0. The van der Waals surface area contributed by atoms with E-state index in [-0.39, 0.29) is 168 Å². The first-order chi connectivity index (χ1) is 31.2. The van der Waals surface area contributed by atoms with Crippen molar-refractivity contribution in [1.82, 2.24) is 0 Å². The van der Waals surface area contributed by atoms with E-state index in [2.05, 4.69) is 30.7 Å². The number of nitrogen functional groups attached to an aromatic ring is 2. The van der Waals surface area contributed by atoms with Crippen molar-refractivity contribution < 1.29 is 67.0 Å². The molecule has 0 bridgehead atoms. The van der Waals surface area contributed by atoms with Gasteiger partial charge in [0, 0.05) is 152 Å². The molecule has 0 aromatic heterocycles. The van der Waals surface area contributed by atoms with Crippen LogP contribution in [0, 0.1) is 10.1 Å². The van der Waals surface area contributed by atoms with Gasteiger partial charge in [-0.3, -0.25) is 28.3 Å². The van der Waals surface area contributed by atoms with E-state index in [0.29, 0.717) is 17.2 Å². The first-order valence-corrected chi connectivity index (χ1v) is 23.8. The zero-order valence-corrected chi connectivity index (χ0v) is 48.3. The summed E-state index contributed by atoms with van der Waals surface area (Å²) >= 11 is 0. The van der Waals surface area contributed by atoms with Crippen LogP contribution in [0.2, 0.25) is 0 Å². The van der Waals surface area contributed by atoms with E-state index in [1.807, 2.05) is 0 Å². The van der Waals surface area contributed by atoms with Gasteiger partial charge in [0.05, 0.1) is 26.9 Å². The molecule has 0 spiro atoms. The van der Waals surface area contributed by atoms with Crippen molar-refractivity contribution in [2.24, 2.45) is 30.7 Å². The van der Waals surface area contributed by atoms with Crippen molar-refractivity contribution >= 4 is 231 Å². The molecule has 7 aromatic rings.